The minimum atomic E-state index is -0.284. The molecular formula is C28H30N3O2+. The molecule has 4 rings (SSSR count). The Kier molecular flexibility index (Phi) is 6.98. The van der Waals surface area contributed by atoms with Gasteiger partial charge in [0.25, 0.3) is 5.69 Å². The van der Waals surface area contributed by atoms with Gasteiger partial charge in [-0.1, -0.05) is 48.5 Å². The largest absolute Gasteiger partial charge is 0.378 e. The highest BCUT2D eigenvalue weighted by Gasteiger charge is 2.27. The number of unbranched alkanes of at least 4 members (excludes halogenated alkanes) is 1. The molecule has 0 N–H and O–H groups in total. The molecule has 33 heavy (non-hydrogen) atoms. The Hall–Kier alpha value is -3.73. The van der Waals surface area contributed by atoms with Crippen LogP contribution in [0.4, 0.5) is 17.1 Å². The number of nitro groups is 1. The maximum atomic E-state index is 11.3. The Morgan fingerprint density at radius 1 is 0.939 bits per heavy atom. The predicted octanol–water partition coefficient (Wildman–Crippen LogP) is 6.04. The quantitative estimate of drug-likeness (QED) is 0.176. The zero-order chi connectivity index (χ0) is 23.2. The van der Waals surface area contributed by atoms with Crippen molar-refractivity contribution in [2.24, 2.45) is 0 Å². The predicted molar refractivity (Wildman–Crippen MR) is 136 cm³/mol. The Morgan fingerprint density at radius 2 is 1.67 bits per heavy atom. The van der Waals surface area contributed by atoms with E-state index in [9.17, 15) is 10.1 Å². The average Bonchev–Trinajstić information content (AvgIpc) is 3.18. The molecule has 0 spiro atoms. The summed E-state index contributed by atoms with van der Waals surface area (Å²) < 4.78 is 2.40. The van der Waals surface area contributed by atoms with E-state index < -0.39 is 0 Å². The van der Waals surface area contributed by atoms with Gasteiger partial charge in [0.1, 0.15) is 6.54 Å². The van der Waals surface area contributed by atoms with Crippen molar-refractivity contribution in [1.29, 1.82) is 0 Å². The fourth-order valence-electron chi connectivity index (χ4n) is 4.34. The fraction of sp³-hybridized carbons (Fsp3) is 0.250. The van der Waals surface area contributed by atoms with Crippen LogP contribution in [0.15, 0.2) is 78.9 Å². The second-order valence-corrected chi connectivity index (χ2v) is 8.61. The molecule has 0 atom stereocenters. The van der Waals surface area contributed by atoms with Crippen LogP contribution < -0.4 is 4.90 Å². The summed E-state index contributed by atoms with van der Waals surface area (Å²) in [4.78, 5) is 13.1. The first-order valence-electron chi connectivity index (χ1n) is 11.4. The van der Waals surface area contributed by atoms with Gasteiger partial charge in [0.2, 0.25) is 5.69 Å². The minimum absolute atomic E-state index is 0.222. The van der Waals surface area contributed by atoms with E-state index in [2.05, 4.69) is 70.2 Å². The highest BCUT2D eigenvalue weighted by atomic mass is 16.6. The zero-order valence-corrected chi connectivity index (χ0v) is 19.3. The molecule has 0 amide bonds. The summed E-state index contributed by atoms with van der Waals surface area (Å²) in [5.74, 6) is 0. The summed E-state index contributed by atoms with van der Waals surface area (Å²) in [5, 5.41) is 11.3. The lowest BCUT2D eigenvalue weighted by molar-refractivity contribution is -0.437. The van der Waals surface area contributed by atoms with Crippen LogP contribution in [0, 0.1) is 10.1 Å². The number of fused-ring (bicyclic) bond motifs is 1. The summed E-state index contributed by atoms with van der Waals surface area (Å²) >= 11 is 0. The SMILES string of the molecule is CN(C)c1ccc(C=CC2=[N+](CCCCc3ccccc3[N+](=O)[O-])c3ccccc3C2)cc1. The molecule has 0 radical (unpaired) electrons. The second kappa shape index (κ2) is 10.3. The Bertz CT molecular complexity index is 1190. The average molecular weight is 441 g/mol. The first kappa shape index (κ1) is 22.5. The van der Waals surface area contributed by atoms with E-state index in [-0.39, 0.29) is 10.6 Å². The first-order chi connectivity index (χ1) is 16.0. The normalized spacial score (nSPS) is 12.9. The van der Waals surface area contributed by atoms with Crippen LogP contribution in [0.25, 0.3) is 6.08 Å². The van der Waals surface area contributed by atoms with E-state index >= 15 is 0 Å². The number of nitro benzene ring substituents is 1. The summed E-state index contributed by atoms with van der Waals surface area (Å²) in [6, 6.07) is 24.2. The van der Waals surface area contributed by atoms with Gasteiger partial charge in [0.05, 0.1) is 11.3 Å². The molecule has 5 nitrogen and oxygen atoms in total. The molecule has 0 aliphatic carbocycles. The van der Waals surface area contributed by atoms with Crippen molar-refractivity contribution in [1.82, 2.24) is 0 Å². The maximum absolute atomic E-state index is 11.3. The third kappa shape index (κ3) is 5.37. The number of hydrogen-bond donors (Lipinski definition) is 0. The van der Waals surface area contributed by atoms with Gasteiger partial charge in [-0.25, -0.2) is 0 Å². The van der Waals surface area contributed by atoms with E-state index in [1.807, 2.05) is 26.2 Å². The summed E-state index contributed by atoms with van der Waals surface area (Å²) in [5.41, 5.74) is 7.31. The van der Waals surface area contributed by atoms with Crippen LogP contribution in [0.5, 0.6) is 0 Å². The van der Waals surface area contributed by atoms with Crippen molar-refractivity contribution in [3.8, 4) is 0 Å². The molecule has 1 heterocycles. The number of anilines is 1. The van der Waals surface area contributed by atoms with Crippen molar-refractivity contribution in [2.45, 2.75) is 25.7 Å². The molecule has 0 bridgehead atoms. The van der Waals surface area contributed by atoms with Gasteiger partial charge in [0, 0.05) is 55.5 Å². The van der Waals surface area contributed by atoms with E-state index in [0.29, 0.717) is 0 Å². The second-order valence-electron chi connectivity index (χ2n) is 8.61. The molecule has 168 valence electrons. The van der Waals surface area contributed by atoms with Crippen LogP contribution in [0.3, 0.4) is 0 Å². The number of benzene rings is 3. The molecule has 1 aliphatic heterocycles. The Morgan fingerprint density at radius 3 is 2.42 bits per heavy atom. The van der Waals surface area contributed by atoms with E-state index in [4.69, 9.17) is 0 Å². The highest BCUT2D eigenvalue weighted by molar-refractivity contribution is 5.99. The highest BCUT2D eigenvalue weighted by Crippen LogP contribution is 2.27. The van der Waals surface area contributed by atoms with Crippen LogP contribution in [0.1, 0.15) is 29.5 Å². The van der Waals surface area contributed by atoms with Crippen LogP contribution >= 0.6 is 0 Å². The van der Waals surface area contributed by atoms with Crippen molar-refractivity contribution < 1.29 is 9.50 Å². The van der Waals surface area contributed by atoms with Crippen molar-refractivity contribution >= 4 is 28.8 Å². The monoisotopic (exact) mass is 440 g/mol. The summed E-state index contributed by atoms with van der Waals surface area (Å²) in [6.45, 7) is 0.900. The lowest BCUT2D eigenvalue weighted by Crippen LogP contribution is -2.13. The molecule has 3 aromatic rings. The third-order valence-electron chi connectivity index (χ3n) is 6.14. The number of hydrogen-bond acceptors (Lipinski definition) is 3. The molecular weight excluding hydrogens is 410 g/mol. The summed E-state index contributed by atoms with van der Waals surface area (Å²) in [6.07, 6.45) is 7.93. The Labute approximate surface area is 195 Å². The van der Waals surface area contributed by atoms with Crippen LogP contribution in [0.2, 0.25) is 0 Å². The lowest BCUT2D eigenvalue weighted by Gasteiger charge is -2.11. The zero-order valence-electron chi connectivity index (χ0n) is 19.3. The number of nitrogens with zero attached hydrogens (tertiary/aromatic N) is 3. The van der Waals surface area contributed by atoms with Crippen LogP contribution in [-0.2, 0) is 12.8 Å². The Balaban J connectivity index is 1.47. The standard InChI is InChI=1S/C28H30N3O2/c1-29(2)25-17-14-22(15-18-25)16-19-26-21-24-11-4-5-12-27(24)30(26)20-8-7-10-23-9-3-6-13-28(23)31(32)33/h3-6,9,11-19H,7-8,10,20-21H2,1-2H3/q+1. The molecule has 0 saturated carbocycles. The van der Waals surface area contributed by atoms with E-state index in [0.717, 1.165) is 37.8 Å². The fourth-order valence-corrected chi connectivity index (χ4v) is 4.34. The van der Waals surface area contributed by atoms with Crippen molar-refractivity contribution in [2.75, 3.05) is 25.5 Å². The van der Waals surface area contributed by atoms with Crippen molar-refractivity contribution in [3.05, 3.63) is 106 Å². The topological polar surface area (TPSA) is 49.4 Å². The lowest BCUT2D eigenvalue weighted by atomic mass is 10.1. The minimum Gasteiger partial charge on any atom is -0.378 e. The molecule has 5 heteroatoms. The van der Waals surface area contributed by atoms with Gasteiger partial charge in [-0.15, -0.1) is 0 Å². The van der Waals surface area contributed by atoms with Crippen LogP contribution in [-0.4, -0.2) is 35.9 Å². The first-order valence-corrected chi connectivity index (χ1v) is 11.4. The maximum Gasteiger partial charge on any atom is 0.272 e. The number of rotatable bonds is 9. The third-order valence-corrected chi connectivity index (χ3v) is 6.14. The van der Waals surface area contributed by atoms with E-state index in [1.54, 1.807) is 12.1 Å². The number of aryl methyl sites for hydroxylation is 1. The summed E-state index contributed by atoms with van der Waals surface area (Å²) in [7, 11) is 4.09. The van der Waals surface area contributed by atoms with Gasteiger partial charge >= 0.3 is 0 Å². The van der Waals surface area contributed by atoms with Gasteiger partial charge in [-0.2, -0.15) is 4.58 Å². The smallest absolute Gasteiger partial charge is 0.272 e. The molecule has 0 unspecified atom stereocenters. The van der Waals surface area contributed by atoms with Gasteiger partial charge in [-0.3, -0.25) is 10.1 Å². The van der Waals surface area contributed by atoms with Crippen molar-refractivity contribution in [3.63, 3.8) is 0 Å². The molecule has 1 aliphatic rings. The number of allylic oxidation sites excluding steroid dienone is 1. The molecule has 0 fully saturated rings. The van der Waals surface area contributed by atoms with E-state index in [1.165, 1.54) is 28.2 Å². The molecule has 0 aromatic heterocycles. The number of para-hydroxylation sites is 2. The van der Waals surface area contributed by atoms with Gasteiger partial charge in [-0.05, 0) is 36.6 Å². The van der Waals surface area contributed by atoms with Gasteiger partial charge < -0.3 is 4.90 Å². The molecule has 0 saturated heterocycles. The van der Waals surface area contributed by atoms with Gasteiger partial charge in [0.15, 0.2) is 5.71 Å². The molecule has 3 aromatic carbocycles.